The van der Waals surface area contributed by atoms with Crippen molar-refractivity contribution in [3.63, 3.8) is 0 Å². The van der Waals surface area contributed by atoms with Gasteiger partial charge in [0.1, 0.15) is 36.6 Å². The maximum absolute atomic E-state index is 13.0. The lowest BCUT2D eigenvalue weighted by Gasteiger charge is -2.30. The number of methoxy groups -OCH3 is 2. The maximum Gasteiger partial charge on any atom is 0.387 e. The summed E-state index contributed by atoms with van der Waals surface area (Å²) in [6.45, 7) is 18.1. The topological polar surface area (TPSA) is 166 Å². The molecule has 0 bridgehead atoms. The number of rotatable bonds is 14. The van der Waals surface area contributed by atoms with Crippen molar-refractivity contribution >= 4 is 71.6 Å². The molecule has 0 amide bonds. The molecule has 0 fully saturated rings. The van der Waals surface area contributed by atoms with Gasteiger partial charge in [-0.15, -0.1) is 0 Å². The standard InChI is InChI=1S/C26H24BrNO5.C11H11BrO3.C10H8O.C5H7NO2/c1-4-12-32-24-19(27)13-16(14-20(24)30-3)21-18-11-10-15-8-6-7-9-17(15)23(18)33-25(28)22(21)26(29)31-5-2;1-3-4-15-11-9(12)5-8(7-13)6-10(11)14-2;11-10-7-3-5-8-4-1-2-6-9(8)10;1-3-8-5(7)4-6-2/h4,6-11,13-14,21H,1,5,12,28H2,2-3H3;3,5-7H,1,4H2,2H3;1-7,11H;3-4H2,1H3. The number of ether oxygens (including phenoxy) is 7. The zero-order chi connectivity index (χ0) is 48.9. The summed E-state index contributed by atoms with van der Waals surface area (Å²) < 4.78 is 39.0. The molecule has 67 heavy (non-hydrogen) atoms. The number of carbonyl (C=O) groups excluding carboxylic acids is 3. The van der Waals surface area contributed by atoms with E-state index in [1.54, 1.807) is 51.3 Å². The summed E-state index contributed by atoms with van der Waals surface area (Å²) in [5.41, 5.74) is 8.68. The summed E-state index contributed by atoms with van der Waals surface area (Å²) in [5.74, 6) is 1.63. The molecule has 0 aliphatic carbocycles. The van der Waals surface area contributed by atoms with Crippen LogP contribution in [0.3, 0.4) is 0 Å². The Hall–Kier alpha value is -7.28. The lowest BCUT2D eigenvalue weighted by molar-refractivity contribution is -0.141. The van der Waals surface area contributed by atoms with Crippen molar-refractivity contribution in [1.29, 1.82) is 0 Å². The van der Waals surface area contributed by atoms with Gasteiger partial charge in [0, 0.05) is 21.9 Å². The Balaban J connectivity index is 0.000000235. The van der Waals surface area contributed by atoms with E-state index in [2.05, 4.69) is 54.6 Å². The molecule has 6 aromatic carbocycles. The fourth-order valence-electron chi connectivity index (χ4n) is 6.60. The smallest absolute Gasteiger partial charge is 0.387 e. The second-order valence-electron chi connectivity index (χ2n) is 13.7. The first-order valence-electron chi connectivity index (χ1n) is 20.6. The largest absolute Gasteiger partial charge is 0.507 e. The Kier molecular flexibility index (Phi) is 20.8. The molecule has 0 aromatic heterocycles. The Morgan fingerprint density at radius 3 is 1.93 bits per heavy atom. The van der Waals surface area contributed by atoms with Crippen LogP contribution < -0.4 is 29.4 Å². The Morgan fingerprint density at radius 2 is 1.36 bits per heavy atom. The molecule has 1 unspecified atom stereocenters. The van der Waals surface area contributed by atoms with Crippen LogP contribution in [0, 0.1) is 6.57 Å². The normalized spacial score (nSPS) is 12.0. The minimum atomic E-state index is -0.531. The average Bonchev–Trinajstić information content (AvgIpc) is 3.33. The molecule has 7 rings (SSSR count). The highest BCUT2D eigenvalue weighted by Crippen LogP contribution is 2.49. The molecule has 13 nitrogen and oxygen atoms in total. The number of fused-ring (bicyclic) bond motifs is 4. The number of hydrogen-bond donors (Lipinski definition) is 2. The van der Waals surface area contributed by atoms with Crippen molar-refractivity contribution in [2.24, 2.45) is 5.73 Å². The van der Waals surface area contributed by atoms with Gasteiger partial charge in [-0.1, -0.05) is 98.1 Å². The SMILES string of the molecule is C=CCOc1c(Br)cc(C2C(C(=O)OCC)=C(N)Oc3c2ccc2ccccc32)cc1OC.C=CCOc1c(Br)cc(C=O)cc1OC.Oc1cccc2ccccc12.[C-]#[N+]CC(=O)OCC. The number of halogens is 2. The van der Waals surface area contributed by atoms with Crippen LogP contribution in [0.2, 0.25) is 0 Å². The van der Waals surface area contributed by atoms with Crippen LogP contribution in [-0.4, -0.2) is 70.5 Å². The number of esters is 2. The van der Waals surface area contributed by atoms with Crippen LogP contribution in [0.5, 0.6) is 34.5 Å². The minimum absolute atomic E-state index is 0.0179. The third-order valence-electron chi connectivity index (χ3n) is 9.43. The molecule has 1 aliphatic rings. The van der Waals surface area contributed by atoms with Crippen molar-refractivity contribution in [3.8, 4) is 34.5 Å². The predicted molar refractivity (Wildman–Crippen MR) is 266 cm³/mol. The molecule has 3 N–H and O–H groups in total. The second-order valence-corrected chi connectivity index (χ2v) is 15.5. The fraction of sp³-hybridized carbons (Fsp3) is 0.192. The van der Waals surface area contributed by atoms with E-state index >= 15 is 0 Å². The van der Waals surface area contributed by atoms with E-state index < -0.39 is 17.9 Å². The zero-order valence-corrected chi connectivity index (χ0v) is 40.6. The second kappa shape index (κ2) is 26.6. The fourth-order valence-corrected chi connectivity index (χ4v) is 7.74. The molecule has 1 aliphatic heterocycles. The molecule has 348 valence electrons. The van der Waals surface area contributed by atoms with E-state index in [-0.39, 0.29) is 24.6 Å². The number of phenols is 1. The summed E-state index contributed by atoms with van der Waals surface area (Å²) in [7, 11) is 3.09. The first-order valence-corrected chi connectivity index (χ1v) is 22.2. The van der Waals surface area contributed by atoms with Crippen LogP contribution in [0.15, 0.2) is 149 Å². The third kappa shape index (κ3) is 13.9. The molecule has 1 heterocycles. The third-order valence-corrected chi connectivity index (χ3v) is 10.6. The molecule has 0 saturated heterocycles. The summed E-state index contributed by atoms with van der Waals surface area (Å²) in [4.78, 5) is 36.7. The van der Waals surface area contributed by atoms with Gasteiger partial charge in [0.15, 0.2) is 23.0 Å². The highest BCUT2D eigenvalue weighted by atomic mass is 79.9. The van der Waals surface area contributed by atoms with E-state index in [0.717, 1.165) is 39.0 Å². The van der Waals surface area contributed by atoms with E-state index in [0.29, 0.717) is 68.8 Å². The lowest BCUT2D eigenvalue weighted by Crippen LogP contribution is -2.27. The highest BCUT2D eigenvalue weighted by Gasteiger charge is 2.37. The Bertz CT molecular complexity index is 2780. The zero-order valence-electron chi connectivity index (χ0n) is 37.4. The molecule has 1 atom stereocenters. The van der Waals surface area contributed by atoms with Gasteiger partial charge in [0.25, 0.3) is 0 Å². The number of aldehydes is 1. The van der Waals surface area contributed by atoms with E-state index in [4.69, 9.17) is 40.7 Å². The summed E-state index contributed by atoms with van der Waals surface area (Å²) >= 11 is 6.90. The molecule has 15 heteroatoms. The Labute approximate surface area is 406 Å². The van der Waals surface area contributed by atoms with Crippen molar-refractivity contribution in [2.45, 2.75) is 19.8 Å². The van der Waals surface area contributed by atoms with Gasteiger partial charge in [-0.3, -0.25) is 4.79 Å². The minimum Gasteiger partial charge on any atom is -0.507 e. The Morgan fingerprint density at radius 1 is 0.791 bits per heavy atom. The van der Waals surface area contributed by atoms with E-state index in [9.17, 15) is 19.5 Å². The van der Waals surface area contributed by atoms with Crippen LogP contribution in [-0.2, 0) is 19.1 Å². The number of nitrogens with two attached hydrogens (primary N) is 1. The van der Waals surface area contributed by atoms with Gasteiger partial charge in [0.2, 0.25) is 5.88 Å². The molecule has 0 radical (unpaired) electrons. The van der Waals surface area contributed by atoms with Gasteiger partial charge < -0.3 is 48.8 Å². The van der Waals surface area contributed by atoms with Crippen LogP contribution in [0.4, 0.5) is 0 Å². The lowest BCUT2D eigenvalue weighted by atomic mass is 9.82. The number of phenolic OH excluding ortho intramolecular Hbond substituents is 1. The molecular formula is C52H50Br2N2O11. The quantitative estimate of drug-likeness (QED) is 0.0459. The van der Waals surface area contributed by atoms with Gasteiger partial charge in [-0.25, -0.2) is 16.2 Å². The monoisotopic (exact) mass is 1040 g/mol. The van der Waals surface area contributed by atoms with Gasteiger partial charge in [0.05, 0.1) is 42.3 Å². The van der Waals surface area contributed by atoms with Crippen molar-refractivity contribution in [3.05, 3.63) is 177 Å². The number of hydrogen-bond acceptors (Lipinski definition) is 12. The summed E-state index contributed by atoms with van der Waals surface area (Å²) in [6, 6.07) is 32.1. The average molecular weight is 1040 g/mol. The first kappa shape index (κ1) is 52.3. The first-order chi connectivity index (χ1) is 32.4. The van der Waals surface area contributed by atoms with Gasteiger partial charge >= 0.3 is 18.5 Å². The van der Waals surface area contributed by atoms with Crippen molar-refractivity contribution in [1.82, 2.24) is 0 Å². The van der Waals surface area contributed by atoms with Gasteiger partial charge in [-0.2, -0.15) is 0 Å². The number of benzene rings is 6. The molecular weight excluding hydrogens is 988 g/mol. The van der Waals surface area contributed by atoms with Gasteiger partial charge in [-0.05, 0) is 92.4 Å². The number of aromatic hydroxyl groups is 1. The highest BCUT2D eigenvalue weighted by molar-refractivity contribution is 9.11. The molecule has 0 spiro atoms. The summed E-state index contributed by atoms with van der Waals surface area (Å²) in [6.07, 6.45) is 4.05. The number of carbonyl (C=O) groups is 3. The van der Waals surface area contributed by atoms with Crippen LogP contribution in [0.1, 0.15) is 41.3 Å². The van der Waals surface area contributed by atoms with Crippen molar-refractivity contribution < 1.29 is 52.6 Å². The molecule has 6 aromatic rings. The maximum atomic E-state index is 13.0. The van der Waals surface area contributed by atoms with Crippen LogP contribution in [0.25, 0.3) is 26.4 Å². The summed E-state index contributed by atoms with van der Waals surface area (Å²) in [5, 5.41) is 13.3. The van der Waals surface area contributed by atoms with Crippen molar-refractivity contribution in [2.75, 3.05) is 47.2 Å². The van der Waals surface area contributed by atoms with Crippen LogP contribution >= 0.6 is 31.9 Å². The van der Waals surface area contributed by atoms with E-state index in [1.807, 2.05) is 84.9 Å². The van der Waals surface area contributed by atoms with E-state index in [1.165, 1.54) is 7.11 Å². The molecule has 0 saturated carbocycles. The number of nitrogens with zero attached hydrogens (tertiary/aromatic N) is 1. The predicted octanol–water partition coefficient (Wildman–Crippen LogP) is 11.3.